The number of para-hydroxylation sites is 2. The van der Waals surface area contributed by atoms with Crippen molar-refractivity contribution in [3.8, 4) is 17.5 Å². The van der Waals surface area contributed by atoms with Gasteiger partial charge in [0.1, 0.15) is 5.03 Å². The second-order valence-electron chi connectivity index (χ2n) is 6.98. The minimum atomic E-state index is -0.194. The molecule has 5 aromatic rings. The molecule has 2 aromatic heterocycles. The maximum absolute atomic E-state index is 12.5. The summed E-state index contributed by atoms with van der Waals surface area (Å²) < 4.78 is 1.98. The predicted molar refractivity (Wildman–Crippen MR) is 124 cm³/mol. The average molecular weight is 437 g/mol. The van der Waals surface area contributed by atoms with Crippen molar-refractivity contribution in [1.82, 2.24) is 19.6 Å². The maximum atomic E-state index is 12.5. The number of nitrogens with one attached hydrogen (secondary N) is 1. The summed E-state index contributed by atoms with van der Waals surface area (Å²) in [7, 11) is 0. The molecule has 1 amide bonds. The van der Waals surface area contributed by atoms with Crippen LogP contribution < -0.4 is 5.32 Å². The van der Waals surface area contributed by atoms with Crippen LogP contribution in [-0.4, -0.2) is 31.2 Å². The van der Waals surface area contributed by atoms with Gasteiger partial charge in [0.15, 0.2) is 11.5 Å². The molecule has 154 valence electrons. The number of nitriles is 1. The van der Waals surface area contributed by atoms with Crippen molar-refractivity contribution >= 4 is 40.0 Å². The van der Waals surface area contributed by atoms with E-state index in [1.807, 2.05) is 59.0 Å². The van der Waals surface area contributed by atoms with Crippen molar-refractivity contribution in [3.05, 3.63) is 84.4 Å². The van der Waals surface area contributed by atoms with Gasteiger partial charge in [-0.25, -0.2) is 4.98 Å². The van der Waals surface area contributed by atoms with Crippen LogP contribution in [0.5, 0.6) is 0 Å². The fourth-order valence-corrected chi connectivity index (χ4v) is 4.19. The van der Waals surface area contributed by atoms with Gasteiger partial charge in [0.25, 0.3) is 0 Å². The number of amides is 1. The van der Waals surface area contributed by atoms with E-state index in [2.05, 4.69) is 21.6 Å². The third kappa shape index (κ3) is 3.77. The SMILES string of the molecule is N#Cc1cccc(NC(=O)CSc2nc3ccccc3n3c(-c4ccccc4)nnc23)c1. The molecule has 0 radical (unpaired) electrons. The number of anilines is 1. The van der Waals surface area contributed by atoms with Crippen LogP contribution in [0.2, 0.25) is 0 Å². The Balaban J connectivity index is 1.48. The number of carbonyl (C=O) groups excluding carboxylic acids is 1. The molecule has 0 saturated carbocycles. The van der Waals surface area contributed by atoms with Gasteiger partial charge in [-0.15, -0.1) is 10.2 Å². The quantitative estimate of drug-likeness (QED) is 0.406. The molecule has 8 heteroatoms. The van der Waals surface area contributed by atoms with Crippen LogP contribution in [0.1, 0.15) is 5.56 Å². The minimum Gasteiger partial charge on any atom is -0.325 e. The zero-order valence-corrected chi connectivity index (χ0v) is 17.6. The van der Waals surface area contributed by atoms with Gasteiger partial charge in [-0.2, -0.15) is 5.26 Å². The van der Waals surface area contributed by atoms with E-state index in [1.165, 1.54) is 11.8 Å². The van der Waals surface area contributed by atoms with E-state index >= 15 is 0 Å². The lowest BCUT2D eigenvalue weighted by Crippen LogP contribution is -2.14. The molecular weight excluding hydrogens is 420 g/mol. The Labute approximate surface area is 187 Å². The number of hydrogen-bond donors (Lipinski definition) is 1. The number of aromatic nitrogens is 4. The van der Waals surface area contributed by atoms with Crippen molar-refractivity contribution in [1.29, 1.82) is 5.26 Å². The standard InChI is InChI=1S/C24H16N6OS/c25-14-16-7-6-10-18(13-16)26-21(31)15-32-24-23-29-28-22(17-8-2-1-3-9-17)30(23)20-12-5-4-11-19(20)27-24/h1-13H,15H2,(H,26,31). The molecule has 7 nitrogen and oxygen atoms in total. The summed E-state index contributed by atoms with van der Waals surface area (Å²) in [4.78, 5) is 17.3. The van der Waals surface area contributed by atoms with Crippen LogP contribution in [0.15, 0.2) is 83.9 Å². The van der Waals surface area contributed by atoms with Crippen LogP contribution in [0, 0.1) is 11.3 Å². The molecule has 3 aromatic carbocycles. The number of nitrogens with zero attached hydrogens (tertiary/aromatic N) is 5. The van der Waals surface area contributed by atoms with Crippen molar-refractivity contribution in [2.45, 2.75) is 5.03 Å². The van der Waals surface area contributed by atoms with Crippen LogP contribution in [-0.2, 0) is 4.79 Å². The molecule has 0 aliphatic heterocycles. The third-order valence-electron chi connectivity index (χ3n) is 4.85. The fraction of sp³-hybridized carbons (Fsp3) is 0.0417. The van der Waals surface area contributed by atoms with Gasteiger partial charge in [-0.1, -0.05) is 60.3 Å². The molecular formula is C24H16N6OS. The van der Waals surface area contributed by atoms with E-state index in [4.69, 9.17) is 10.2 Å². The van der Waals surface area contributed by atoms with Gasteiger partial charge < -0.3 is 5.32 Å². The highest BCUT2D eigenvalue weighted by atomic mass is 32.2. The van der Waals surface area contributed by atoms with Crippen molar-refractivity contribution in [2.75, 3.05) is 11.1 Å². The lowest BCUT2D eigenvalue weighted by molar-refractivity contribution is -0.113. The number of rotatable bonds is 5. The first-order chi connectivity index (χ1) is 15.7. The first kappa shape index (κ1) is 19.7. The summed E-state index contributed by atoms with van der Waals surface area (Å²) in [5.41, 5.74) is 4.31. The molecule has 32 heavy (non-hydrogen) atoms. The molecule has 1 N–H and O–H groups in total. The van der Waals surface area contributed by atoms with Gasteiger partial charge in [-0.3, -0.25) is 9.20 Å². The van der Waals surface area contributed by atoms with E-state index in [0.717, 1.165) is 22.4 Å². The average Bonchev–Trinajstić information content (AvgIpc) is 3.29. The van der Waals surface area contributed by atoms with Crippen molar-refractivity contribution in [3.63, 3.8) is 0 Å². The van der Waals surface area contributed by atoms with Gasteiger partial charge in [0.05, 0.1) is 28.4 Å². The summed E-state index contributed by atoms with van der Waals surface area (Å²) >= 11 is 1.30. The van der Waals surface area contributed by atoms with Crippen LogP contribution >= 0.6 is 11.8 Å². The Morgan fingerprint density at radius 1 is 1.00 bits per heavy atom. The first-order valence-corrected chi connectivity index (χ1v) is 10.8. The van der Waals surface area contributed by atoms with Crippen molar-refractivity contribution in [2.24, 2.45) is 0 Å². The molecule has 0 aliphatic carbocycles. The predicted octanol–water partition coefficient (Wildman–Crippen LogP) is 4.55. The van der Waals surface area contributed by atoms with Gasteiger partial charge in [0.2, 0.25) is 5.91 Å². The molecule has 0 fully saturated rings. The molecule has 5 rings (SSSR count). The largest absolute Gasteiger partial charge is 0.325 e. The highest BCUT2D eigenvalue weighted by molar-refractivity contribution is 8.00. The van der Waals surface area contributed by atoms with E-state index < -0.39 is 0 Å². The number of hydrogen-bond acceptors (Lipinski definition) is 6. The molecule has 2 heterocycles. The summed E-state index contributed by atoms with van der Waals surface area (Å²) in [5.74, 6) is 0.672. The van der Waals surface area contributed by atoms with Crippen LogP contribution in [0.25, 0.3) is 28.1 Å². The highest BCUT2D eigenvalue weighted by Crippen LogP contribution is 2.29. The van der Waals surface area contributed by atoms with Crippen LogP contribution in [0.3, 0.4) is 0 Å². The molecule has 0 atom stereocenters. The van der Waals surface area contributed by atoms with Gasteiger partial charge in [0, 0.05) is 11.3 Å². The van der Waals surface area contributed by atoms with E-state index in [9.17, 15) is 4.79 Å². The Morgan fingerprint density at radius 3 is 2.66 bits per heavy atom. The first-order valence-electron chi connectivity index (χ1n) is 9.85. The highest BCUT2D eigenvalue weighted by Gasteiger charge is 2.17. The number of carbonyl (C=O) groups is 1. The molecule has 0 aliphatic rings. The number of thioether (sulfide) groups is 1. The molecule has 0 bridgehead atoms. The van der Waals surface area contributed by atoms with E-state index in [1.54, 1.807) is 24.3 Å². The van der Waals surface area contributed by atoms with E-state index in [-0.39, 0.29) is 11.7 Å². The normalized spacial score (nSPS) is 10.8. The van der Waals surface area contributed by atoms with Gasteiger partial charge in [-0.05, 0) is 30.3 Å². The smallest absolute Gasteiger partial charge is 0.234 e. The van der Waals surface area contributed by atoms with Crippen LogP contribution in [0.4, 0.5) is 5.69 Å². The van der Waals surface area contributed by atoms with E-state index in [0.29, 0.717) is 21.9 Å². The number of benzene rings is 3. The van der Waals surface area contributed by atoms with Crippen molar-refractivity contribution < 1.29 is 4.79 Å². The second kappa shape index (κ2) is 8.49. The molecule has 0 unspecified atom stereocenters. The summed E-state index contributed by atoms with van der Waals surface area (Å²) in [6.45, 7) is 0. The Hall–Kier alpha value is -4.22. The summed E-state index contributed by atoms with van der Waals surface area (Å²) in [5, 5.41) is 21.3. The topological polar surface area (TPSA) is 96.0 Å². The monoisotopic (exact) mass is 436 g/mol. The van der Waals surface area contributed by atoms with Gasteiger partial charge >= 0.3 is 0 Å². The summed E-state index contributed by atoms with van der Waals surface area (Å²) in [6.07, 6.45) is 0. The lowest BCUT2D eigenvalue weighted by Gasteiger charge is -2.09. The Bertz CT molecular complexity index is 1490. The number of fused-ring (bicyclic) bond motifs is 3. The maximum Gasteiger partial charge on any atom is 0.234 e. The zero-order chi connectivity index (χ0) is 21.9. The minimum absolute atomic E-state index is 0.144. The lowest BCUT2D eigenvalue weighted by atomic mass is 10.2. The zero-order valence-electron chi connectivity index (χ0n) is 16.8. The third-order valence-corrected chi connectivity index (χ3v) is 5.80. The molecule has 0 spiro atoms. The summed E-state index contributed by atoms with van der Waals surface area (Å²) in [6, 6.07) is 26.5. The molecule has 0 saturated heterocycles. The fourth-order valence-electron chi connectivity index (χ4n) is 3.43. The second-order valence-corrected chi connectivity index (χ2v) is 7.95. The Kier molecular flexibility index (Phi) is 5.24. The Morgan fingerprint density at radius 2 is 1.81 bits per heavy atom.